The lowest BCUT2D eigenvalue weighted by Gasteiger charge is -2.24. The van der Waals surface area contributed by atoms with Crippen LogP contribution in [0.25, 0.3) is 0 Å². The Morgan fingerprint density at radius 3 is 2.95 bits per heavy atom. The number of nitrogens with one attached hydrogen (secondary N) is 3. The lowest BCUT2D eigenvalue weighted by atomic mass is 10.0. The lowest BCUT2D eigenvalue weighted by Crippen LogP contribution is -2.44. The highest BCUT2D eigenvalue weighted by atomic mass is 16.2. The maximum atomic E-state index is 11.8. The molecule has 0 aliphatic carbocycles. The summed E-state index contributed by atoms with van der Waals surface area (Å²) in [6.45, 7) is 0.705. The van der Waals surface area contributed by atoms with E-state index in [2.05, 4.69) is 16.0 Å². The van der Waals surface area contributed by atoms with Crippen molar-refractivity contribution < 1.29 is 9.59 Å². The zero-order chi connectivity index (χ0) is 13.8. The molecule has 1 unspecified atom stereocenters. The van der Waals surface area contributed by atoms with E-state index < -0.39 is 0 Å². The van der Waals surface area contributed by atoms with Gasteiger partial charge in [-0.15, -0.1) is 0 Å². The molecule has 1 fully saturated rings. The van der Waals surface area contributed by atoms with Crippen LogP contribution in [0.4, 0.5) is 11.4 Å². The number of hydrogen-bond acceptors (Lipinski definition) is 4. The van der Waals surface area contributed by atoms with Crippen LogP contribution in [0, 0.1) is 0 Å². The monoisotopic (exact) mass is 262 g/mol. The van der Waals surface area contributed by atoms with Gasteiger partial charge in [-0.05, 0) is 31.0 Å². The van der Waals surface area contributed by atoms with Crippen LogP contribution in [0.5, 0.6) is 0 Å². The zero-order valence-electron chi connectivity index (χ0n) is 10.8. The Labute approximate surface area is 111 Å². The SMILES string of the molecule is CNC(=O)c1ccc(N)cc1NC1CCCNC1=O. The zero-order valence-corrected chi connectivity index (χ0v) is 10.8. The van der Waals surface area contributed by atoms with Crippen LogP contribution < -0.4 is 21.7 Å². The molecule has 0 radical (unpaired) electrons. The van der Waals surface area contributed by atoms with Gasteiger partial charge in [0.1, 0.15) is 6.04 Å². The molecule has 0 saturated carbocycles. The first kappa shape index (κ1) is 13.2. The molecule has 1 aromatic carbocycles. The molecule has 1 atom stereocenters. The van der Waals surface area contributed by atoms with E-state index in [4.69, 9.17) is 5.73 Å². The van der Waals surface area contributed by atoms with Crippen molar-refractivity contribution >= 4 is 23.2 Å². The van der Waals surface area contributed by atoms with Crippen molar-refractivity contribution in [2.45, 2.75) is 18.9 Å². The fourth-order valence-corrected chi connectivity index (χ4v) is 2.11. The molecule has 6 heteroatoms. The summed E-state index contributed by atoms with van der Waals surface area (Å²) in [5, 5.41) is 8.47. The third-order valence-corrected chi connectivity index (χ3v) is 3.13. The second-order valence-corrected chi connectivity index (χ2v) is 4.51. The van der Waals surface area contributed by atoms with Gasteiger partial charge < -0.3 is 21.7 Å². The third kappa shape index (κ3) is 2.96. The average molecular weight is 262 g/mol. The van der Waals surface area contributed by atoms with Crippen molar-refractivity contribution in [1.29, 1.82) is 0 Å². The minimum Gasteiger partial charge on any atom is -0.399 e. The molecule has 19 heavy (non-hydrogen) atoms. The van der Waals surface area contributed by atoms with Crippen molar-refractivity contribution in [2.24, 2.45) is 0 Å². The van der Waals surface area contributed by atoms with Gasteiger partial charge in [-0.1, -0.05) is 0 Å². The minimum atomic E-state index is -0.320. The van der Waals surface area contributed by atoms with E-state index in [9.17, 15) is 9.59 Å². The van der Waals surface area contributed by atoms with Crippen LogP contribution >= 0.6 is 0 Å². The standard InChI is InChI=1S/C13H18N4O2/c1-15-12(18)9-5-4-8(14)7-11(9)17-10-3-2-6-16-13(10)19/h4-5,7,10,17H,2-3,6,14H2,1H3,(H,15,18)(H,16,19). The van der Waals surface area contributed by atoms with Crippen LogP contribution in [0.1, 0.15) is 23.2 Å². The predicted octanol–water partition coefficient (Wildman–Crippen LogP) is 0.319. The second-order valence-electron chi connectivity index (χ2n) is 4.51. The van der Waals surface area contributed by atoms with Crippen molar-refractivity contribution in [1.82, 2.24) is 10.6 Å². The molecule has 2 amide bonds. The maximum absolute atomic E-state index is 11.8. The van der Waals surface area contributed by atoms with Crippen molar-refractivity contribution in [2.75, 3.05) is 24.6 Å². The Morgan fingerprint density at radius 1 is 1.47 bits per heavy atom. The Kier molecular flexibility index (Phi) is 3.89. The number of carbonyl (C=O) groups excluding carboxylic acids is 2. The van der Waals surface area contributed by atoms with E-state index in [1.807, 2.05) is 0 Å². The van der Waals surface area contributed by atoms with Crippen LogP contribution in [0.2, 0.25) is 0 Å². The van der Waals surface area contributed by atoms with Crippen molar-refractivity contribution in [3.63, 3.8) is 0 Å². The van der Waals surface area contributed by atoms with Crippen LogP contribution in [0.3, 0.4) is 0 Å². The predicted molar refractivity (Wildman–Crippen MR) is 73.9 cm³/mol. The molecule has 6 nitrogen and oxygen atoms in total. The summed E-state index contributed by atoms with van der Waals surface area (Å²) >= 11 is 0. The number of amides is 2. The fraction of sp³-hybridized carbons (Fsp3) is 0.385. The topological polar surface area (TPSA) is 96.2 Å². The van der Waals surface area contributed by atoms with Gasteiger partial charge in [-0.3, -0.25) is 9.59 Å². The first-order valence-corrected chi connectivity index (χ1v) is 6.27. The largest absolute Gasteiger partial charge is 0.399 e. The highest BCUT2D eigenvalue weighted by molar-refractivity contribution is 6.00. The molecule has 0 spiro atoms. The van der Waals surface area contributed by atoms with E-state index in [0.717, 1.165) is 12.8 Å². The van der Waals surface area contributed by atoms with Gasteiger partial charge in [0.25, 0.3) is 5.91 Å². The quantitative estimate of drug-likeness (QED) is 0.590. The Morgan fingerprint density at radius 2 is 2.26 bits per heavy atom. The summed E-state index contributed by atoms with van der Waals surface area (Å²) < 4.78 is 0. The first-order chi connectivity index (χ1) is 9.11. The normalized spacial score (nSPS) is 18.6. The molecule has 1 saturated heterocycles. The Hall–Kier alpha value is -2.24. The smallest absolute Gasteiger partial charge is 0.253 e. The molecule has 0 bridgehead atoms. The Balaban J connectivity index is 2.24. The maximum Gasteiger partial charge on any atom is 0.253 e. The highest BCUT2D eigenvalue weighted by Crippen LogP contribution is 2.21. The summed E-state index contributed by atoms with van der Waals surface area (Å²) in [5.74, 6) is -0.254. The van der Waals surface area contributed by atoms with Crippen molar-refractivity contribution in [3.8, 4) is 0 Å². The number of carbonyl (C=O) groups is 2. The summed E-state index contributed by atoms with van der Waals surface area (Å²) in [4.78, 5) is 23.5. The molecular formula is C13H18N4O2. The fourth-order valence-electron chi connectivity index (χ4n) is 2.11. The van der Waals surface area contributed by atoms with Gasteiger partial charge in [0.05, 0.1) is 5.56 Å². The number of hydrogen-bond donors (Lipinski definition) is 4. The third-order valence-electron chi connectivity index (χ3n) is 3.13. The number of nitrogen functional groups attached to an aromatic ring is 1. The van der Waals surface area contributed by atoms with Crippen LogP contribution in [-0.2, 0) is 4.79 Å². The van der Waals surface area contributed by atoms with E-state index >= 15 is 0 Å². The van der Waals surface area contributed by atoms with Crippen LogP contribution in [-0.4, -0.2) is 31.4 Å². The summed E-state index contributed by atoms with van der Waals surface area (Å²) in [6.07, 6.45) is 1.66. The first-order valence-electron chi connectivity index (χ1n) is 6.27. The van der Waals surface area contributed by atoms with Gasteiger partial charge in [0.2, 0.25) is 5.91 Å². The second kappa shape index (κ2) is 5.60. The molecule has 1 aliphatic rings. The summed E-state index contributed by atoms with van der Waals surface area (Å²) in [7, 11) is 1.57. The molecule has 1 heterocycles. The summed E-state index contributed by atoms with van der Waals surface area (Å²) in [6, 6.07) is 4.67. The molecule has 102 valence electrons. The van der Waals surface area contributed by atoms with E-state index in [0.29, 0.717) is 23.5 Å². The van der Waals surface area contributed by atoms with Gasteiger partial charge in [-0.2, -0.15) is 0 Å². The molecule has 0 aromatic heterocycles. The average Bonchev–Trinajstić information content (AvgIpc) is 2.41. The van der Waals surface area contributed by atoms with E-state index in [1.165, 1.54) is 0 Å². The Bertz CT molecular complexity index is 501. The molecule has 5 N–H and O–H groups in total. The van der Waals surface area contributed by atoms with Crippen LogP contribution in [0.15, 0.2) is 18.2 Å². The minimum absolute atomic E-state index is 0.0449. The number of rotatable bonds is 3. The number of anilines is 2. The van der Waals surface area contributed by atoms with Crippen molar-refractivity contribution in [3.05, 3.63) is 23.8 Å². The number of piperidine rings is 1. The highest BCUT2D eigenvalue weighted by Gasteiger charge is 2.23. The van der Waals surface area contributed by atoms with E-state index in [-0.39, 0.29) is 17.9 Å². The van der Waals surface area contributed by atoms with Gasteiger partial charge in [-0.25, -0.2) is 0 Å². The lowest BCUT2D eigenvalue weighted by molar-refractivity contribution is -0.123. The molecular weight excluding hydrogens is 244 g/mol. The van der Waals surface area contributed by atoms with Gasteiger partial charge in [0.15, 0.2) is 0 Å². The van der Waals surface area contributed by atoms with E-state index in [1.54, 1.807) is 25.2 Å². The number of benzene rings is 1. The van der Waals surface area contributed by atoms with Gasteiger partial charge >= 0.3 is 0 Å². The summed E-state index contributed by atoms with van der Waals surface area (Å²) in [5.41, 5.74) is 7.35. The number of nitrogens with two attached hydrogens (primary N) is 1. The molecule has 1 aromatic rings. The molecule has 2 rings (SSSR count). The molecule has 1 aliphatic heterocycles. The van der Waals surface area contributed by atoms with Gasteiger partial charge in [0, 0.05) is 25.0 Å².